The Labute approximate surface area is 196 Å². The standard InChI is InChI=1S/C27H37N3O3/c1-6-8-14-20(25(32)29-19(7-2)18-12-10-9-11-13-18)30-26(33)24-17(3)23-21(28-24)15-27(4,5)16-22(23)31/h9-13,19-20,28H,6-8,14-16H2,1-5H3,(H,29,32)(H,30,33)/t19-,20?/m0/s1. The van der Waals surface area contributed by atoms with Crippen LogP contribution in [0.1, 0.15) is 104 Å². The number of aromatic amines is 1. The SMILES string of the molecule is CCCCC(NC(=O)c1[nH]c2c(c1C)C(=O)CC(C)(C)C2)C(=O)N[C@@H](CC)c1ccccc1. The molecule has 1 aromatic carbocycles. The molecule has 6 heteroatoms. The normalized spacial score (nSPS) is 16.6. The first-order valence-electron chi connectivity index (χ1n) is 12.1. The van der Waals surface area contributed by atoms with Crippen LogP contribution < -0.4 is 10.6 Å². The molecule has 1 unspecified atom stereocenters. The Bertz CT molecular complexity index is 1010. The number of ketones is 1. The second-order valence-electron chi connectivity index (χ2n) is 9.97. The Hall–Kier alpha value is -2.89. The lowest BCUT2D eigenvalue weighted by molar-refractivity contribution is -0.124. The molecule has 0 saturated heterocycles. The Morgan fingerprint density at radius 2 is 1.79 bits per heavy atom. The van der Waals surface area contributed by atoms with E-state index in [2.05, 4.69) is 36.4 Å². The minimum absolute atomic E-state index is 0.0722. The van der Waals surface area contributed by atoms with E-state index < -0.39 is 6.04 Å². The zero-order valence-electron chi connectivity index (χ0n) is 20.5. The number of rotatable bonds is 9. The van der Waals surface area contributed by atoms with Gasteiger partial charge in [0.15, 0.2) is 5.78 Å². The van der Waals surface area contributed by atoms with Crippen molar-refractivity contribution >= 4 is 17.6 Å². The monoisotopic (exact) mass is 451 g/mol. The van der Waals surface area contributed by atoms with Gasteiger partial charge in [0.05, 0.1) is 6.04 Å². The fourth-order valence-electron chi connectivity index (χ4n) is 4.75. The van der Waals surface area contributed by atoms with Gasteiger partial charge < -0.3 is 15.6 Å². The number of Topliss-reactive ketones (excluding diaryl/α,β-unsaturated/α-hetero) is 1. The third-order valence-electron chi connectivity index (χ3n) is 6.52. The Morgan fingerprint density at radius 1 is 1.09 bits per heavy atom. The zero-order valence-corrected chi connectivity index (χ0v) is 20.5. The molecule has 1 aliphatic rings. The molecule has 0 spiro atoms. The first kappa shape index (κ1) is 24.7. The maximum Gasteiger partial charge on any atom is 0.268 e. The molecule has 0 radical (unpaired) electrons. The third-order valence-corrected chi connectivity index (χ3v) is 6.52. The second-order valence-corrected chi connectivity index (χ2v) is 9.97. The smallest absolute Gasteiger partial charge is 0.268 e. The second kappa shape index (κ2) is 10.4. The van der Waals surface area contributed by atoms with E-state index in [4.69, 9.17) is 0 Å². The summed E-state index contributed by atoms with van der Waals surface area (Å²) in [5, 5.41) is 6.05. The number of aromatic nitrogens is 1. The fourth-order valence-corrected chi connectivity index (χ4v) is 4.75. The maximum atomic E-state index is 13.2. The van der Waals surface area contributed by atoms with Crippen molar-refractivity contribution in [1.82, 2.24) is 15.6 Å². The quantitative estimate of drug-likeness (QED) is 0.499. The van der Waals surface area contributed by atoms with Crippen LogP contribution in [0, 0.1) is 12.3 Å². The summed E-state index contributed by atoms with van der Waals surface area (Å²) in [6, 6.07) is 9.12. The summed E-state index contributed by atoms with van der Waals surface area (Å²) in [7, 11) is 0. The molecule has 178 valence electrons. The van der Waals surface area contributed by atoms with Crippen molar-refractivity contribution in [1.29, 1.82) is 0 Å². The average molecular weight is 452 g/mol. The van der Waals surface area contributed by atoms with Crippen LogP contribution in [0.15, 0.2) is 30.3 Å². The van der Waals surface area contributed by atoms with Crippen molar-refractivity contribution in [3.05, 3.63) is 58.4 Å². The Kier molecular flexibility index (Phi) is 7.77. The highest BCUT2D eigenvalue weighted by Gasteiger charge is 2.35. The van der Waals surface area contributed by atoms with Crippen molar-refractivity contribution in [2.24, 2.45) is 5.41 Å². The van der Waals surface area contributed by atoms with Gasteiger partial charge >= 0.3 is 0 Å². The first-order valence-corrected chi connectivity index (χ1v) is 12.1. The molecular weight excluding hydrogens is 414 g/mol. The molecule has 1 aliphatic carbocycles. The van der Waals surface area contributed by atoms with E-state index in [1.807, 2.05) is 44.2 Å². The van der Waals surface area contributed by atoms with Gasteiger partial charge in [0.2, 0.25) is 5.91 Å². The third kappa shape index (κ3) is 5.73. The minimum atomic E-state index is -0.637. The van der Waals surface area contributed by atoms with E-state index in [1.165, 1.54) is 0 Å². The van der Waals surface area contributed by atoms with Crippen LogP contribution in [-0.2, 0) is 11.2 Å². The van der Waals surface area contributed by atoms with E-state index >= 15 is 0 Å². The number of H-pyrrole nitrogens is 1. The van der Waals surface area contributed by atoms with Crippen LogP contribution in [0.4, 0.5) is 0 Å². The number of hydrogen-bond donors (Lipinski definition) is 3. The highest BCUT2D eigenvalue weighted by molar-refractivity contribution is 6.05. The van der Waals surface area contributed by atoms with Gasteiger partial charge in [0.25, 0.3) is 5.91 Å². The summed E-state index contributed by atoms with van der Waals surface area (Å²) in [4.78, 5) is 42.3. The summed E-state index contributed by atoms with van der Waals surface area (Å²) in [6.07, 6.45) is 4.26. The van der Waals surface area contributed by atoms with E-state index in [9.17, 15) is 14.4 Å². The number of carbonyl (C=O) groups is 3. The van der Waals surface area contributed by atoms with Gasteiger partial charge in [-0.15, -0.1) is 0 Å². The Balaban J connectivity index is 1.78. The number of nitrogens with one attached hydrogen (secondary N) is 3. The number of hydrogen-bond acceptors (Lipinski definition) is 3. The predicted octanol–water partition coefficient (Wildman–Crippen LogP) is 5.03. The van der Waals surface area contributed by atoms with Gasteiger partial charge in [-0.2, -0.15) is 0 Å². The van der Waals surface area contributed by atoms with Crippen molar-refractivity contribution in [3.8, 4) is 0 Å². The van der Waals surface area contributed by atoms with E-state index in [0.29, 0.717) is 29.7 Å². The molecule has 1 heterocycles. The van der Waals surface area contributed by atoms with Crippen molar-refractivity contribution in [2.45, 2.75) is 85.2 Å². The van der Waals surface area contributed by atoms with E-state index in [-0.39, 0.29) is 29.1 Å². The number of fused-ring (bicyclic) bond motifs is 1. The number of carbonyl (C=O) groups excluding carboxylic acids is 3. The van der Waals surface area contributed by atoms with Gasteiger partial charge in [0, 0.05) is 17.7 Å². The van der Waals surface area contributed by atoms with Gasteiger partial charge in [-0.3, -0.25) is 14.4 Å². The topological polar surface area (TPSA) is 91.1 Å². The fraction of sp³-hybridized carbons (Fsp3) is 0.519. The molecule has 2 aromatic rings. The summed E-state index contributed by atoms with van der Waals surface area (Å²) < 4.78 is 0. The van der Waals surface area contributed by atoms with Crippen LogP contribution >= 0.6 is 0 Å². The summed E-state index contributed by atoms with van der Waals surface area (Å²) in [6.45, 7) is 10.0. The first-order chi connectivity index (χ1) is 15.7. The molecule has 0 fully saturated rings. The predicted molar refractivity (Wildman–Crippen MR) is 130 cm³/mol. The van der Waals surface area contributed by atoms with Crippen molar-refractivity contribution in [3.63, 3.8) is 0 Å². The van der Waals surface area contributed by atoms with Crippen LogP contribution in [-0.4, -0.2) is 28.6 Å². The number of benzene rings is 1. The van der Waals surface area contributed by atoms with Crippen LogP contribution in [0.25, 0.3) is 0 Å². The molecule has 3 rings (SSSR count). The van der Waals surface area contributed by atoms with E-state index in [0.717, 1.165) is 36.9 Å². The largest absolute Gasteiger partial charge is 0.354 e. The van der Waals surface area contributed by atoms with Gasteiger partial charge in [0.1, 0.15) is 11.7 Å². The lowest BCUT2D eigenvalue weighted by Crippen LogP contribution is -2.47. The van der Waals surface area contributed by atoms with Gasteiger partial charge in [-0.1, -0.05) is 70.9 Å². The molecule has 6 nitrogen and oxygen atoms in total. The molecule has 0 aliphatic heterocycles. The molecule has 1 aromatic heterocycles. The van der Waals surface area contributed by atoms with Gasteiger partial charge in [-0.05, 0) is 42.7 Å². The van der Waals surface area contributed by atoms with Gasteiger partial charge in [-0.25, -0.2) is 0 Å². The molecular formula is C27H37N3O3. The van der Waals surface area contributed by atoms with Crippen LogP contribution in [0.3, 0.4) is 0 Å². The lowest BCUT2D eigenvalue weighted by Gasteiger charge is -2.28. The Morgan fingerprint density at radius 3 is 2.42 bits per heavy atom. The van der Waals surface area contributed by atoms with Crippen molar-refractivity contribution in [2.75, 3.05) is 0 Å². The molecule has 0 saturated carbocycles. The lowest BCUT2D eigenvalue weighted by atomic mass is 9.75. The van der Waals surface area contributed by atoms with Crippen molar-refractivity contribution < 1.29 is 14.4 Å². The summed E-state index contributed by atoms with van der Waals surface area (Å²) in [5.74, 6) is -0.446. The summed E-state index contributed by atoms with van der Waals surface area (Å²) >= 11 is 0. The molecule has 2 atom stereocenters. The van der Waals surface area contributed by atoms with Crippen LogP contribution in [0.5, 0.6) is 0 Å². The highest BCUT2D eigenvalue weighted by atomic mass is 16.2. The average Bonchev–Trinajstić information content (AvgIpc) is 3.10. The minimum Gasteiger partial charge on any atom is -0.354 e. The maximum absolute atomic E-state index is 13.2. The number of amides is 2. The molecule has 0 bridgehead atoms. The highest BCUT2D eigenvalue weighted by Crippen LogP contribution is 2.36. The van der Waals surface area contributed by atoms with Crippen LogP contribution in [0.2, 0.25) is 0 Å². The molecule has 2 amide bonds. The number of unbranched alkanes of at least 4 members (excludes halogenated alkanes) is 1. The molecule has 3 N–H and O–H groups in total. The molecule has 33 heavy (non-hydrogen) atoms. The van der Waals surface area contributed by atoms with E-state index in [1.54, 1.807) is 0 Å². The summed E-state index contributed by atoms with van der Waals surface area (Å²) in [5.41, 5.74) is 3.44. The zero-order chi connectivity index (χ0) is 24.2.